The van der Waals surface area contributed by atoms with Gasteiger partial charge in [-0.15, -0.1) is 0 Å². The van der Waals surface area contributed by atoms with Crippen molar-refractivity contribution in [1.29, 1.82) is 0 Å². The van der Waals surface area contributed by atoms with E-state index in [-0.39, 0.29) is 43.7 Å². The van der Waals surface area contributed by atoms with Crippen molar-refractivity contribution in [2.45, 2.75) is 38.8 Å². The van der Waals surface area contributed by atoms with Crippen molar-refractivity contribution in [3.05, 3.63) is 53.2 Å². The van der Waals surface area contributed by atoms with Crippen LogP contribution in [0.4, 0.5) is 0 Å². The Bertz CT molecular complexity index is 1070. The van der Waals surface area contributed by atoms with Crippen molar-refractivity contribution < 1.29 is 19.5 Å². The second-order valence-electron chi connectivity index (χ2n) is 8.81. The molecule has 1 N–H and O–H groups in total. The number of carbonyl (C=O) groups is 3. The Morgan fingerprint density at radius 1 is 1.06 bits per heavy atom. The molecule has 4 heterocycles. The largest absolute Gasteiger partial charge is 0.396 e. The first kappa shape index (κ1) is 20.8. The van der Waals surface area contributed by atoms with Gasteiger partial charge in [-0.25, -0.2) is 5.01 Å². The number of nitrogens with zero attached hydrogens (tertiary/aromatic N) is 4. The van der Waals surface area contributed by atoms with E-state index in [0.717, 1.165) is 53.4 Å². The Kier molecular flexibility index (Phi) is 5.48. The third-order valence-corrected chi connectivity index (χ3v) is 6.54. The minimum absolute atomic E-state index is 0.204. The lowest BCUT2D eigenvalue weighted by molar-refractivity contribution is -0.163. The highest BCUT2D eigenvalue weighted by Gasteiger charge is 2.39. The average Bonchev–Trinajstić information content (AvgIpc) is 3.38. The smallest absolute Gasteiger partial charge is 0.273 e. The zero-order valence-electron chi connectivity index (χ0n) is 17.9. The van der Waals surface area contributed by atoms with Gasteiger partial charge < -0.3 is 5.11 Å². The summed E-state index contributed by atoms with van der Waals surface area (Å²) in [5.41, 5.74) is 4.17. The minimum atomic E-state index is -0.317. The average molecular weight is 434 g/mol. The van der Waals surface area contributed by atoms with Gasteiger partial charge in [-0.05, 0) is 60.7 Å². The predicted molar refractivity (Wildman–Crippen MR) is 116 cm³/mol. The van der Waals surface area contributed by atoms with Crippen LogP contribution in [0, 0.1) is 5.92 Å². The molecule has 2 fully saturated rings. The Morgan fingerprint density at radius 3 is 2.62 bits per heavy atom. The van der Waals surface area contributed by atoms with Crippen molar-refractivity contribution in [1.82, 2.24) is 19.9 Å². The first-order valence-corrected chi connectivity index (χ1v) is 11.1. The van der Waals surface area contributed by atoms with Gasteiger partial charge in [0, 0.05) is 49.9 Å². The second-order valence-corrected chi connectivity index (χ2v) is 8.81. The van der Waals surface area contributed by atoms with E-state index in [2.05, 4.69) is 16.0 Å². The van der Waals surface area contributed by atoms with Crippen LogP contribution in [0.15, 0.2) is 36.5 Å². The van der Waals surface area contributed by atoms with Crippen LogP contribution >= 0.6 is 0 Å². The SMILES string of the molecule is O=C1c2ccc(-c3cc(CN4CCC(CO)C4)ccn3)cc2CN1N1C(=O)CCCC1=O. The van der Waals surface area contributed by atoms with E-state index >= 15 is 0 Å². The Morgan fingerprint density at radius 2 is 1.88 bits per heavy atom. The van der Waals surface area contributed by atoms with E-state index in [1.54, 1.807) is 12.3 Å². The number of piperidine rings is 1. The van der Waals surface area contributed by atoms with E-state index in [1.165, 1.54) is 5.01 Å². The summed E-state index contributed by atoms with van der Waals surface area (Å²) >= 11 is 0. The Balaban J connectivity index is 1.35. The van der Waals surface area contributed by atoms with Crippen molar-refractivity contribution >= 4 is 17.7 Å². The molecule has 8 heteroatoms. The first-order chi connectivity index (χ1) is 15.5. The molecule has 1 unspecified atom stereocenters. The molecule has 1 aromatic heterocycles. The van der Waals surface area contributed by atoms with Gasteiger partial charge in [0.2, 0.25) is 11.8 Å². The summed E-state index contributed by atoms with van der Waals surface area (Å²) in [5.74, 6) is -0.596. The molecule has 0 spiro atoms. The van der Waals surface area contributed by atoms with E-state index in [9.17, 15) is 19.5 Å². The van der Waals surface area contributed by atoms with Crippen molar-refractivity contribution in [3.63, 3.8) is 0 Å². The number of rotatable bonds is 5. The molecule has 2 aromatic rings. The Hall–Kier alpha value is -3.10. The maximum atomic E-state index is 12.9. The van der Waals surface area contributed by atoms with Crippen LogP contribution in [-0.2, 0) is 22.7 Å². The quantitative estimate of drug-likeness (QED) is 0.724. The lowest BCUT2D eigenvalue weighted by Crippen LogP contribution is -2.51. The number of amides is 3. The molecule has 5 rings (SSSR count). The number of benzene rings is 1. The van der Waals surface area contributed by atoms with E-state index < -0.39 is 0 Å². The lowest BCUT2D eigenvalue weighted by Gasteiger charge is -2.32. The van der Waals surface area contributed by atoms with Gasteiger partial charge >= 0.3 is 0 Å². The molecule has 0 bridgehead atoms. The summed E-state index contributed by atoms with van der Waals surface area (Å²) in [6.45, 7) is 3.13. The van der Waals surface area contributed by atoms with Crippen LogP contribution < -0.4 is 0 Å². The van der Waals surface area contributed by atoms with Gasteiger partial charge in [-0.3, -0.25) is 24.3 Å². The van der Waals surface area contributed by atoms with Gasteiger partial charge in [0.15, 0.2) is 0 Å². The molecule has 2 saturated heterocycles. The number of hydrogen-bond acceptors (Lipinski definition) is 6. The molecule has 3 aliphatic heterocycles. The van der Waals surface area contributed by atoms with Crippen molar-refractivity contribution in [2.75, 3.05) is 19.7 Å². The molecule has 1 atom stereocenters. The topological polar surface area (TPSA) is 94.1 Å². The number of imide groups is 1. The molecule has 166 valence electrons. The molecule has 0 aliphatic carbocycles. The fourth-order valence-corrected chi connectivity index (χ4v) is 4.83. The highest BCUT2D eigenvalue weighted by atomic mass is 16.3. The molecule has 3 aliphatic rings. The molecule has 0 saturated carbocycles. The zero-order chi connectivity index (χ0) is 22.2. The number of hydrogen-bond donors (Lipinski definition) is 1. The fraction of sp³-hybridized carbons (Fsp3) is 0.417. The normalized spacial score (nSPS) is 21.5. The van der Waals surface area contributed by atoms with Crippen LogP contribution in [-0.4, -0.2) is 62.4 Å². The molecule has 32 heavy (non-hydrogen) atoms. The molecule has 1 aromatic carbocycles. The number of fused-ring (bicyclic) bond motifs is 1. The number of aromatic nitrogens is 1. The Labute approximate surface area is 186 Å². The summed E-state index contributed by atoms with van der Waals surface area (Å²) in [6, 6.07) is 9.61. The third kappa shape index (κ3) is 3.80. The number of pyridine rings is 1. The zero-order valence-corrected chi connectivity index (χ0v) is 17.9. The maximum Gasteiger partial charge on any atom is 0.273 e. The number of hydrazine groups is 1. The predicted octanol–water partition coefficient (Wildman–Crippen LogP) is 1.97. The highest BCUT2D eigenvalue weighted by molar-refractivity contribution is 6.04. The first-order valence-electron chi connectivity index (χ1n) is 11.1. The van der Waals surface area contributed by atoms with Crippen molar-refractivity contribution in [2.24, 2.45) is 5.92 Å². The standard InChI is InChI=1S/C24H26N4O4/c29-15-17-7-9-26(13-17)12-16-6-8-25-21(10-16)18-4-5-20-19(11-18)14-27(24(20)32)28-22(30)2-1-3-23(28)31/h4-6,8,10-11,17,29H,1-3,7,9,12-15H2. The summed E-state index contributed by atoms with van der Waals surface area (Å²) in [6.07, 6.45) is 3.91. The third-order valence-electron chi connectivity index (χ3n) is 6.54. The number of aliphatic hydroxyl groups is 1. The summed E-state index contributed by atoms with van der Waals surface area (Å²) in [5, 5.41) is 11.7. The van der Waals surface area contributed by atoms with E-state index in [4.69, 9.17) is 0 Å². The van der Waals surface area contributed by atoms with Gasteiger partial charge in [0.05, 0.1) is 12.2 Å². The maximum absolute atomic E-state index is 12.9. The second kappa shape index (κ2) is 8.44. The highest BCUT2D eigenvalue weighted by Crippen LogP contribution is 2.31. The molecule has 8 nitrogen and oxygen atoms in total. The fourth-order valence-electron chi connectivity index (χ4n) is 4.83. The monoisotopic (exact) mass is 434 g/mol. The molecular formula is C24H26N4O4. The van der Waals surface area contributed by atoms with Crippen LogP contribution in [0.3, 0.4) is 0 Å². The van der Waals surface area contributed by atoms with E-state index in [1.807, 2.05) is 18.2 Å². The van der Waals surface area contributed by atoms with Crippen LogP contribution in [0.2, 0.25) is 0 Å². The van der Waals surface area contributed by atoms with Crippen LogP contribution in [0.1, 0.15) is 47.2 Å². The summed E-state index contributed by atoms with van der Waals surface area (Å²) in [7, 11) is 0. The molecule has 0 radical (unpaired) electrons. The van der Waals surface area contributed by atoms with Crippen LogP contribution in [0.5, 0.6) is 0 Å². The van der Waals surface area contributed by atoms with E-state index in [0.29, 0.717) is 17.9 Å². The number of likely N-dealkylation sites (tertiary alicyclic amines) is 1. The number of carbonyl (C=O) groups excluding carboxylic acids is 3. The van der Waals surface area contributed by atoms with Crippen LogP contribution in [0.25, 0.3) is 11.3 Å². The summed E-state index contributed by atoms with van der Waals surface area (Å²) in [4.78, 5) is 44.3. The molecule has 3 amide bonds. The van der Waals surface area contributed by atoms with Gasteiger partial charge in [-0.2, -0.15) is 5.01 Å². The van der Waals surface area contributed by atoms with Gasteiger partial charge in [0.25, 0.3) is 5.91 Å². The lowest BCUT2D eigenvalue weighted by atomic mass is 10.0. The molecular weight excluding hydrogens is 408 g/mol. The minimum Gasteiger partial charge on any atom is -0.396 e. The summed E-state index contributed by atoms with van der Waals surface area (Å²) < 4.78 is 0. The van der Waals surface area contributed by atoms with Crippen molar-refractivity contribution in [3.8, 4) is 11.3 Å². The number of aliphatic hydroxyl groups excluding tert-OH is 1. The van der Waals surface area contributed by atoms with Gasteiger partial charge in [-0.1, -0.05) is 6.07 Å². The van der Waals surface area contributed by atoms with Gasteiger partial charge in [0.1, 0.15) is 0 Å².